The fourth-order valence-electron chi connectivity index (χ4n) is 2.90. The lowest BCUT2D eigenvalue weighted by atomic mass is 10.0. The van der Waals surface area contributed by atoms with Crippen LogP contribution in [-0.2, 0) is 4.74 Å². The zero-order chi connectivity index (χ0) is 18.5. The van der Waals surface area contributed by atoms with E-state index in [4.69, 9.17) is 20.9 Å². The van der Waals surface area contributed by atoms with Crippen LogP contribution in [0.4, 0.5) is 11.4 Å². The predicted octanol–water partition coefficient (Wildman–Crippen LogP) is 2.09. The molecule has 1 aliphatic rings. The van der Waals surface area contributed by atoms with Crippen LogP contribution in [0, 0.1) is 5.92 Å². The molecule has 0 saturated carbocycles. The number of hydrogen-bond donors (Lipinski definition) is 3. The third-order valence-electron chi connectivity index (χ3n) is 4.55. The van der Waals surface area contributed by atoms with E-state index in [9.17, 15) is 4.79 Å². The summed E-state index contributed by atoms with van der Waals surface area (Å²) in [7, 11) is 0. The first kappa shape index (κ1) is 18.2. The Balaban J connectivity index is 1.65. The number of ether oxygens (including phenoxy) is 2. The highest BCUT2D eigenvalue weighted by atomic mass is 16.5. The largest absolute Gasteiger partial charge is 0.493 e. The molecule has 0 amide bonds. The SMILES string of the molecule is CC(COc1cccc(C(=O)c2ccc(N)c(N)c2)c1)C1CNCCO1. The number of nitrogen functional groups attached to an aromatic ring is 2. The molecule has 0 aromatic heterocycles. The van der Waals surface area contributed by atoms with Gasteiger partial charge in [0.05, 0.1) is 30.7 Å². The Hall–Kier alpha value is -2.57. The van der Waals surface area contributed by atoms with Gasteiger partial charge in [-0.25, -0.2) is 0 Å². The normalized spacial score (nSPS) is 18.3. The summed E-state index contributed by atoms with van der Waals surface area (Å²) in [6, 6.07) is 12.1. The lowest BCUT2D eigenvalue weighted by Gasteiger charge is -2.28. The number of hydrogen-bond acceptors (Lipinski definition) is 6. The van der Waals surface area contributed by atoms with Crippen molar-refractivity contribution in [1.82, 2.24) is 5.32 Å². The van der Waals surface area contributed by atoms with Gasteiger partial charge in [0.2, 0.25) is 0 Å². The number of ketones is 1. The zero-order valence-electron chi connectivity index (χ0n) is 14.9. The molecule has 6 nitrogen and oxygen atoms in total. The molecule has 0 aliphatic carbocycles. The molecule has 6 heteroatoms. The molecule has 1 fully saturated rings. The second-order valence-corrected chi connectivity index (χ2v) is 6.60. The molecule has 0 radical (unpaired) electrons. The lowest BCUT2D eigenvalue weighted by molar-refractivity contribution is -0.0159. The topological polar surface area (TPSA) is 99.6 Å². The summed E-state index contributed by atoms with van der Waals surface area (Å²) in [5.74, 6) is 0.795. The Labute approximate surface area is 153 Å². The third-order valence-corrected chi connectivity index (χ3v) is 4.55. The summed E-state index contributed by atoms with van der Waals surface area (Å²) in [5.41, 5.74) is 13.4. The predicted molar refractivity (Wildman–Crippen MR) is 102 cm³/mol. The Kier molecular flexibility index (Phi) is 5.75. The van der Waals surface area contributed by atoms with Crippen LogP contribution in [0.1, 0.15) is 22.8 Å². The number of carbonyl (C=O) groups is 1. The highest BCUT2D eigenvalue weighted by molar-refractivity contribution is 6.10. The maximum Gasteiger partial charge on any atom is 0.193 e. The Bertz CT molecular complexity index is 773. The fraction of sp³-hybridized carbons (Fsp3) is 0.350. The second kappa shape index (κ2) is 8.21. The molecule has 0 spiro atoms. The van der Waals surface area contributed by atoms with Gasteiger partial charge in [-0.15, -0.1) is 0 Å². The number of nitrogens with two attached hydrogens (primary N) is 2. The summed E-state index contributed by atoms with van der Waals surface area (Å²) in [6.07, 6.45) is 0.145. The molecule has 2 atom stereocenters. The molecule has 2 aromatic rings. The van der Waals surface area contributed by atoms with E-state index in [2.05, 4.69) is 12.2 Å². The average Bonchev–Trinajstić information content (AvgIpc) is 2.68. The average molecular weight is 355 g/mol. The van der Waals surface area contributed by atoms with E-state index in [1.165, 1.54) is 0 Å². The van der Waals surface area contributed by atoms with Crippen molar-refractivity contribution in [3.8, 4) is 5.75 Å². The molecule has 1 saturated heterocycles. The summed E-state index contributed by atoms with van der Waals surface area (Å²) < 4.78 is 11.6. The number of rotatable bonds is 6. The van der Waals surface area contributed by atoms with Crippen molar-refractivity contribution in [3.63, 3.8) is 0 Å². The van der Waals surface area contributed by atoms with Crippen LogP contribution in [0.5, 0.6) is 5.75 Å². The van der Waals surface area contributed by atoms with Crippen molar-refractivity contribution in [2.45, 2.75) is 13.0 Å². The van der Waals surface area contributed by atoms with Crippen molar-refractivity contribution < 1.29 is 14.3 Å². The van der Waals surface area contributed by atoms with Crippen LogP contribution in [0.15, 0.2) is 42.5 Å². The van der Waals surface area contributed by atoms with Crippen LogP contribution in [-0.4, -0.2) is 38.2 Å². The van der Waals surface area contributed by atoms with E-state index in [1.54, 1.807) is 30.3 Å². The quantitative estimate of drug-likeness (QED) is 0.542. The van der Waals surface area contributed by atoms with Crippen molar-refractivity contribution >= 4 is 17.2 Å². The van der Waals surface area contributed by atoms with E-state index < -0.39 is 0 Å². The standard InChI is InChI=1S/C20H25N3O3/c1-13(19-11-23-7-8-25-19)12-26-16-4-2-3-14(9-16)20(24)15-5-6-17(21)18(22)10-15/h2-6,9-10,13,19,23H,7-8,11-12,21-22H2,1H3. The first-order chi connectivity index (χ1) is 12.5. The first-order valence-corrected chi connectivity index (χ1v) is 8.79. The minimum Gasteiger partial charge on any atom is -0.493 e. The molecule has 138 valence electrons. The van der Waals surface area contributed by atoms with Crippen LogP contribution >= 0.6 is 0 Å². The molecule has 2 unspecified atom stereocenters. The van der Waals surface area contributed by atoms with Crippen molar-refractivity contribution in [2.24, 2.45) is 5.92 Å². The maximum atomic E-state index is 12.7. The van der Waals surface area contributed by atoms with Gasteiger partial charge in [-0.1, -0.05) is 19.1 Å². The second-order valence-electron chi connectivity index (χ2n) is 6.60. The van der Waals surface area contributed by atoms with Gasteiger partial charge in [-0.2, -0.15) is 0 Å². The van der Waals surface area contributed by atoms with Crippen LogP contribution < -0.4 is 21.5 Å². The number of carbonyl (C=O) groups excluding carboxylic acids is 1. The summed E-state index contributed by atoms with van der Waals surface area (Å²) in [6.45, 7) is 5.08. The summed E-state index contributed by atoms with van der Waals surface area (Å²) in [4.78, 5) is 12.7. The van der Waals surface area contributed by atoms with Gasteiger partial charge in [0.25, 0.3) is 0 Å². The van der Waals surface area contributed by atoms with E-state index in [1.807, 2.05) is 12.1 Å². The molecule has 5 N–H and O–H groups in total. The van der Waals surface area contributed by atoms with Gasteiger partial charge in [-0.3, -0.25) is 4.79 Å². The third kappa shape index (κ3) is 4.33. The summed E-state index contributed by atoms with van der Waals surface area (Å²) >= 11 is 0. The molecular weight excluding hydrogens is 330 g/mol. The van der Waals surface area contributed by atoms with Gasteiger partial charge in [0, 0.05) is 30.1 Å². The Morgan fingerprint density at radius 2 is 2.04 bits per heavy atom. The van der Waals surface area contributed by atoms with Gasteiger partial charge in [0.15, 0.2) is 5.78 Å². The highest BCUT2D eigenvalue weighted by Gasteiger charge is 2.21. The van der Waals surface area contributed by atoms with Gasteiger partial charge in [0.1, 0.15) is 5.75 Å². The van der Waals surface area contributed by atoms with Gasteiger partial charge < -0.3 is 26.3 Å². The van der Waals surface area contributed by atoms with Crippen molar-refractivity contribution in [2.75, 3.05) is 37.8 Å². The maximum absolute atomic E-state index is 12.7. The monoisotopic (exact) mass is 355 g/mol. The minimum atomic E-state index is -0.116. The van der Waals surface area contributed by atoms with E-state index in [0.717, 1.165) is 19.7 Å². The smallest absolute Gasteiger partial charge is 0.193 e. The van der Waals surface area contributed by atoms with Gasteiger partial charge in [-0.05, 0) is 30.3 Å². The van der Waals surface area contributed by atoms with E-state index >= 15 is 0 Å². The highest BCUT2D eigenvalue weighted by Crippen LogP contribution is 2.21. The number of anilines is 2. The van der Waals surface area contributed by atoms with Gasteiger partial charge >= 0.3 is 0 Å². The van der Waals surface area contributed by atoms with Crippen LogP contribution in [0.2, 0.25) is 0 Å². The number of benzene rings is 2. The summed E-state index contributed by atoms with van der Waals surface area (Å²) in [5, 5.41) is 3.32. The number of morpholine rings is 1. The van der Waals surface area contributed by atoms with Crippen LogP contribution in [0.25, 0.3) is 0 Å². The molecule has 1 aliphatic heterocycles. The molecule has 26 heavy (non-hydrogen) atoms. The van der Waals surface area contributed by atoms with E-state index in [0.29, 0.717) is 34.9 Å². The first-order valence-electron chi connectivity index (χ1n) is 8.79. The van der Waals surface area contributed by atoms with Crippen LogP contribution in [0.3, 0.4) is 0 Å². The minimum absolute atomic E-state index is 0.116. The molecule has 0 bridgehead atoms. The number of nitrogens with one attached hydrogen (secondary N) is 1. The van der Waals surface area contributed by atoms with E-state index in [-0.39, 0.29) is 17.8 Å². The molecule has 2 aromatic carbocycles. The Morgan fingerprint density at radius 3 is 2.77 bits per heavy atom. The zero-order valence-corrected chi connectivity index (χ0v) is 14.9. The molecular formula is C20H25N3O3. The molecule has 3 rings (SSSR count). The fourth-order valence-corrected chi connectivity index (χ4v) is 2.90. The van der Waals surface area contributed by atoms with Crippen molar-refractivity contribution in [1.29, 1.82) is 0 Å². The Morgan fingerprint density at radius 1 is 1.23 bits per heavy atom. The molecule has 1 heterocycles. The van der Waals surface area contributed by atoms with Crippen molar-refractivity contribution in [3.05, 3.63) is 53.6 Å². The lowest BCUT2D eigenvalue weighted by Crippen LogP contribution is -2.43.